The van der Waals surface area contributed by atoms with Crippen LogP contribution in [0.25, 0.3) is 0 Å². The summed E-state index contributed by atoms with van der Waals surface area (Å²) in [6, 6.07) is -0.174. The Morgan fingerprint density at radius 2 is 2.00 bits per heavy atom. The van der Waals surface area contributed by atoms with Gasteiger partial charge < -0.3 is 4.74 Å². The van der Waals surface area contributed by atoms with Gasteiger partial charge in [0.2, 0.25) is 11.8 Å². The normalized spacial score (nSPS) is 19.6. The standard InChI is InChI=1S/C9H14N2O4/c1-6(3-9(14)15-2)11-4-7(12)10-8(13)5-11/h6H,3-5H2,1-2H3,(H,10,12,13). The minimum Gasteiger partial charge on any atom is -0.469 e. The summed E-state index contributed by atoms with van der Waals surface area (Å²) in [5.74, 6) is -1.01. The number of carbonyl (C=O) groups excluding carboxylic acids is 3. The second-order valence-corrected chi connectivity index (χ2v) is 3.51. The van der Waals surface area contributed by atoms with Crippen molar-refractivity contribution in [2.45, 2.75) is 19.4 Å². The van der Waals surface area contributed by atoms with Crippen molar-refractivity contribution < 1.29 is 19.1 Å². The van der Waals surface area contributed by atoms with Gasteiger partial charge in [-0.05, 0) is 6.92 Å². The highest BCUT2D eigenvalue weighted by Gasteiger charge is 2.27. The first-order valence-corrected chi connectivity index (χ1v) is 4.66. The molecule has 1 rings (SSSR count). The zero-order valence-corrected chi connectivity index (χ0v) is 8.78. The van der Waals surface area contributed by atoms with Crippen LogP contribution in [-0.4, -0.2) is 48.9 Å². The van der Waals surface area contributed by atoms with Gasteiger partial charge in [0.1, 0.15) is 0 Å². The van der Waals surface area contributed by atoms with Gasteiger partial charge in [-0.1, -0.05) is 0 Å². The van der Waals surface area contributed by atoms with Crippen molar-refractivity contribution in [3.05, 3.63) is 0 Å². The Bertz CT molecular complexity index is 274. The molecule has 0 aliphatic carbocycles. The Morgan fingerprint density at radius 1 is 1.47 bits per heavy atom. The van der Waals surface area contributed by atoms with Crippen molar-refractivity contribution in [1.29, 1.82) is 0 Å². The van der Waals surface area contributed by atoms with Gasteiger partial charge in [-0.15, -0.1) is 0 Å². The van der Waals surface area contributed by atoms with Crippen LogP contribution < -0.4 is 5.32 Å². The summed E-state index contributed by atoms with van der Waals surface area (Å²) in [6.45, 7) is 2.07. The number of hydrogen-bond acceptors (Lipinski definition) is 5. The lowest BCUT2D eigenvalue weighted by Gasteiger charge is -2.30. The maximum absolute atomic E-state index is 11.1. The number of piperazine rings is 1. The number of nitrogens with one attached hydrogen (secondary N) is 1. The first-order chi connectivity index (χ1) is 7.02. The number of ether oxygens (including phenoxy) is 1. The Hall–Kier alpha value is -1.43. The fourth-order valence-electron chi connectivity index (χ4n) is 1.42. The van der Waals surface area contributed by atoms with Crippen LogP contribution in [0.1, 0.15) is 13.3 Å². The predicted octanol–water partition coefficient (Wildman–Crippen LogP) is -1.10. The van der Waals surface area contributed by atoms with Crippen LogP contribution in [0.4, 0.5) is 0 Å². The summed E-state index contributed by atoms with van der Waals surface area (Å²) < 4.78 is 4.51. The number of methoxy groups -OCH3 is 1. The summed E-state index contributed by atoms with van der Waals surface area (Å²) in [5, 5.41) is 2.20. The first kappa shape index (κ1) is 11.6. The van der Waals surface area contributed by atoms with Gasteiger partial charge >= 0.3 is 5.97 Å². The van der Waals surface area contributed by atoms with E-state index >= 15 is 0 Å². The van der Waals surface area contributed by atoms with Crippen molar-refractivity contribution in [3.63, 3.8) is 0 Å². The Labute approximate surface area is 87.6 Å². The minimum absolute atomic E-state index is 0.143. The number of imide groups is 1. The zero-order chi connectivity index (χ0) is 11.4. The molecule has 0 aromatic carbocycles. The molecule has 84 valence electrons. The Kier molecular flexibility index (Phi) is 3.79. The molecule has 0 bridgehead atoms. The molecule has 1 heterocycles. The monoisotopic (exact) mass is 214 g/mol. The third-order valence-corrected chi connectivity index (χ3v) is 2.29. The maximum Gasteiger partial charge on any atom is 0.307 e. The summed E-state index contributed by atoms with van der Waals surface area (Å²) >= 11 is 0. The molecule has 1 atom stereocenters. The molecule has 6 heteroatoms. The van der Waals surface area contributed by atoms with Crippen LogP contribution in [0.2, 0.25) is 0 Å². The minimum atomic E-state index is -0.346. The second-order valence-electron chi connectivity index (χ2n) is 3.51. The van der Waals surface area contributed by atoms with Crippen molar-refractivity contribution in [2.24, 2.45) is 0 Å². The molecular weight excluding hydrogens is 200 g/mol. The van der Waals surface area contributed by atoms with Crippen LogP contribution in [-0.2, 0) is 19.1 Å². The van der Waals surface area contributed by atoms with Crippen molar-refractivity contribution in [2.75, 3.05) is 20.2 Å². The van der Waals surface area contributed by atoms with Gasteiger partial charge in [0.05, 0.1) is 26.6 Å². The average molecular weight is 214 g/mol. The lowest BCUT2D eigenvalue weighted by molar-refractivity contribution is -0.144. The van der Waals surface area contributed by atoms with Gasteiger partial charge in [0, 0.05) is 6.04 Å². The SMILES string of the molecule is COC(=O)CC(C)N1CC(=O)NC(=O)C1. The Balaban J connectivity index is 2.51. The zero-order valence-electron chi connectivity index (χ0n) is 8.78. The van der Waals surface area contributed by atoms with Crippen molar-refractivity contribution in [1.82, 2.24) is 10.2 Å². The fraction of sp³-hybridized carbons (Fsp3) is 0.667. The second kappa shape index (κ2) is 4.88. The van der Waals surface area contributed by atoms with E-state index in [-0.39, 0.29) is 43.3 Å². The van der Waals surface area contributed by atoms with E-state index in [1.165, 1.54) is 7.11 Å². The van der Waals surface area contributed by atoms with E-state index in [4.69, 9.17) is 0 Å². The molecule has 1 N–H and O–H groups in total. The van der Waals surface area contributed by atoms with Gasteiger partial charge in [-0.3, -0.25) is 24.6 Å². The number of carbonyl (C=O) groups is 3. The van der Waals surface area contributed by atoms with E-state index in [0.29, 0.717) is 0 Å². The average Bonchev–Trinajstić information content (AvgIpc) is 2.16. The summed E-state index contributed by atoms with van der Waals surface area (Å²) in [4.78, 5) is 34.8. The lowest BCUT2D eigenvalue weighted by Crippen LogP contribution is -2.54. The molecule has 15 heavy (non-hydrogen) atoms. The first-order valence-electron chi connectivity index (χ1n) is 4.66. The third-order valence-electron chi connectivity index (χ3n) is 2.29. The molecule has 1 unspecified atom stereocenters. The van der Waals surface area contributed by atoms with Crippen molar-refractivity contribution in [3.8, 4) is 0 Å². The van der Waals surface area contributed by atoms with Crippen LogP contribution >= 0.6 is 0 Å². The molecule has 1 fully saturated rings. The largest absolute Gasteiger partial charge is 0.469 e. The molecule has 0 spiro atoms. The molecule has 0 radical (unpaired) electrons. The van der Waals surface area contributed by atoms with E-state index in [1.807, 2.05) is 0 Å². The summed E-state index contributed by atoms with van der Waals surface area (Å²) in [6.07, 6.45) is 0.178. The van der Waals surface area contributed by atoms with Crippen LogP contribution in [0, 0.1) is 0 Å². The predicted molar refractivity (Wildman–Crippen MR) is 50.8 cm³/mol. The molecule has 0 aromatic heterocycles. The van der Waals surface area contributed by atoms with E-state index in [2.05, 4.69) is 10.1 Å². The number of esters is 1. The van der Waals surface area contributed by atoms with E-state index in [1.54, 1.807) is 11.8 Å². The van der Waals surface area contributed by atoms with Crippen LogP contribution in [0.3, 0.4) is 0 Å². The molecule has 1 saturated heterocycles. The van der Waals surface area contributed by atoms with Crippen LogP contribution in [0.5, 0.6) is 0 Å². The molecular formula is C9H14N2O4. The molecule has 0 saturated carbocycles. The number of hydrogen-bond donors (Lipinski definition) is 1. The molecule has 1 aliphatic rings. The number of nitrogens with zero attached hydrogens (tertiary/aromatic N) is 1. The smallest absolute Gasteiger partial charge is 0.307 e. The van der Waals surface area contributed by atoms with Gasteiger partial charge in [0.25, 0.3) is 0 Å². The molecule has 6 nitrogen and oxygen atoms in total. The summed E-state index contributed by atoms with van der Waals surface area (Å²) in [5.41, 5.74) is 0. The quantitative estimate of drug-likeness (QED) is 0.476. The third kappa shape index (κ3) is 3.32. The maximum atomic E-state index is 11.1. The fourth-order valence-corrected chi connectivity index (χ4v) is 1.42. The number of rotatable bonds is 3. The van der Waals surface area contributed by atoms with Gasteiger partial charge in [0.15, 0.2) is 0 Å². The van der Waals surface area contributed by atoms with Gasteiger partial charge in [-0.2, -0.15) is 0 Å². The molecule has 0 aromatic rings. The highest BCUT2D eigenvalue weighted by atomic mass is 16.5. The summed E-state index contributed by atoms with van der Waals surface area (Å²) in [7, 11) is 1.31. The highest BCUT2D eigenvalue weighted by Crippen LogP contribution is 2.06. The topological polar surface area (TPSA) is 75.7 Å². The lowest BCUT2D eigenvalue weighted by atomic mass is 10.2. The Morgan fingerprint density at radius 3 is 2.47 bits per heavy atom. The molecule has 1 aliphatic heterocycles. The molecule has 2 amide bonds. The van der Waals surface area contributed by atoms with Crippen LogP contribution in [0.15, 0.2) is 0 Å². The van der Waals surface area contributed by atoms with E-state index < -0.39 is 0 Å². The van der Waals surface area contributed by atoms with E-state index in [0.717, 1.165) is 0 Å². The van der Waals surface area contributed by atoms with E-state index in [9.17, 15) is 14.4 Å². The highest BCUT2D eigenvalue weighted by molar-refractivity contribution is 5.99. The number of amides is 2. The van der Waals surface area contributed by atoms with Gasteiger partial charge in [-0.25, -0.2) is 0 Å². The van der Waals surface area contributed by atoms with Crippen molar-refractivity contribution >= 4 is 17.8 Å².